The highest BCUT2D eigenvalue weighted by Crippen LogP contribution is 2.29. The fourth-order valence-corrected chi connectivity index (χ4v) is 4.03. The molecular weight excluding hydrogens is 343 g/mol. The average Bonchev–Trinajstić information content (AvgIpc) is 2.71. The lowest BCUT2D eigenvalue weighted by Crippen LogP contribution is -2.33. The van der Waals surface area contributed by atoms with Crippen molar-refractivity contribution in [2.45, 2.75) is 56.9 Å². The molecule has 2 aromatic rings. The van der Waals surface area contributed by atoms with Gasteiger partial charge in [0.15, 0.2) is 5.82 Å². The number of amides is 1. The van der Waals surface area contributed by atoms with Crippen LogP contribution in [0.25, 0.3) is 11.3 Å². The zero-order valence-corrected chi connectivity index (χ0v) is 15.4. The number of nitrogens with one attached hydrogen (secondary N) is 2. The van der Waals surface area contributed by atoms with E-state index >= 15 is 0 Å². The van der Waals surface area contributed by atoms with Gasteiger partial charge in [-0.25, -0.2) is 14.4 Å². The lowest BCUT2D eigenvalue weighted by molar-refractivity contribution is -0.122. The molecule has 1 saturated carbocycles. The summed E-state index contributed by atoms with van der Waals surface area (Å²) in [5.41, 5.74) is 2.17. The molecule has 1 amide bonds. The first kappa shape index (κ1) is 17.9. The number of carbonyl (C=O) groups excluding carboxylic acids is 1. The molecule has 1 aromatic carbocycles. The molecule has 2 N–H and O–H groups in total. The van der Waals surface area contributed by atoms with Crippen molar-refractivity contribution in [3.05, 3.63) is 41.8 Å². The number of carbonyl (C=O) groups is 1. The van der Waals surface area contributed by atoms with Gasteiger partial charge in [-0.05, 0) is 30.9 Å². The summed E-state index contributed by atoms with van der Waals surface area (Å²) in [6.45, 7) is 0.628. The number of benzene rings is 1. The Bertz CT molecular complexity index is 810. The largest absolute Gasteiger partial charge is 0.355 e. The fourth-order valence-electron chi connectivity index (χ4n) is 4.03. The van der Waals surface area contributed by atoms with Crippen LogP contribution in [0.4, 0.5) is 10.3 Å². The average molecular weight is 368 g/mol. The van der Waals surface area contributed by atoms with Crippen LogP contribution < -0.4 is 10.6 Å². The maximum atomic E-state index is 14.4. The van der Waals surface area contributed by atoms with Crippen LogP contribution in [0.3, 0.4) is 0 Å². The number of aromatic nitrogens is 2. The van der Waals surface area contributed by atoms with E-state index in [1.54, 1.807) is 0 Å². The molecule has 6 heteroatoms. The van der Waals surface area contributed by atoms with Crippen LogP contribution in [0.5, 0.6) is 0 Å². The Kier molecular flexibility index (Phi) is 5.32. The monoisotopic (exact) mass is 368 g/mol. The van der Waals surface area contributed by atoms with Crippen LogP contribution in [-0.2, 0) is 4.79 Å². The Morgan fingerprint density at radius 2 is 2.00 bits per heavy atom. The van der Waals surface area contributed by atoms with Crippen molar-refractivity contribution in [3.63, 3.8) is 0 Å². The third-order valence-corrected chi connectivity index (χ3v) is 5.58. The first-order valence-corrected chi connectivity index (χ1v) is 9.85. The van der Waals surface area contributed by atoms with E-state index in [-0.39, 0.29) is 11.8 Å². The standard InChI is InChI=1S/C21H25FN4O/c22-18-13-24-21(25-17-7-2-1-3-8-17)26-20(18)15-6-4-5-14(11-15)16-9-10-19(27)23-12-16/h4-6,11,13,16-17H,1-3,7-10,12H2,(H,23,27)(H,24,25,26). The van der Waals surface area contributed by atoms with Crippen molar-refractivity contribution in [1.82, 2.24) is 15.3 Å². The van der Waals surface area contributed by atoms with Gasteiger partial charge >= 0.3 is 0 Å². The summed E-state index contributed by atoms with van der Waals surface area (Å²) in [6.07, 6.45) is 8.53. The molecule has 1 unspecified atom stereocenters. The van der Waals surface area contributed by atoms with Crippen molar-refractivity contribution in [2.24, 2.45) is 0 Å². The van der Waals surface area contributed by atoms with Gasteiger partial charge in [-0.3, -0.25) is 4.79 Å². The lowest BCUT2D eigenvalue weighted by Gasteiger charge is -2.23. The molecule has 0 bridgehead atoms. The van der Waals surface area contributed by atoms with E-state index in [1.165, 1.54) is 25.5 Å². The molecule has 1 aliphatic carbocycles. The fraction of sp³-hybridized carbons (Fsp3) is 0.476. The minimum Gasteiger partial charge on any atom is -0.355 e. The van der Waals surface area contributed by atoms with Crippen LogP contribution >= 0.6 is 0 Å². The number of nitrogens with zero attached hydrogens (tertiary/aromatic N) is 2. The summed E-state index contributed by atoms with van der Waals surface area (Å²) in [4.78, 5) is 20.0. The zero-order valence-electron chi connectivity index (χ0n) is 15.4. The summed E-state index contributed by atoms with van der Waals surface area (Å²) >= 11 is 0. The van der Waals surface area contributed by atoms with Crippen LogP contribution in [0, 0.1) is 5.82 Å². The van der Waals surface area contributed by atoms with E-state index in [9.17, 15) is 9.18 Å². The third-order valence-electron chi connectivity index (χ3n) is 5.58. The topological polar surface area (TPSA) is 66.9 Å². The van der Waals surface area contributed by atoms with Gasteiger partial charge in [0, 0.05) is 30.5 Å². The molecule has 2 fully saturated rings. The molecule has 0 radical (unpaired) electrons. The SMILES string of the molecule is O=C1CCC(c2cccc(-c3nc(NC4CCCCC4)ncc3F)c2)CN1. The van der Waals surface area contributed by atoms with Crippen molar-refractivity contribution < 1.29 is 9.18 Å². The van der Waals surface area contributed by atoms with Crippen molar-refractivity contribution >= 4 is 11.9 Å². The van der Waals surface area contributed by atoms with Gasteiger partial charge in [0.1, 0.15) is 5.69 Å². The van der Waals surface area contributed by atoms with Gasteiger partial charge < -0.3 is 10.6 Å². The number of hydrogen-bond acceptors (Lipinski definition) is 4. The molecule has 5 nitrogen and oxygen atoms in total. The van der Waals surface area contributed by atoms with Crippen LogP contribution in [0.2, 0.25) is 0 Å². The van der Waals surface area contributed by atoms with Crippen molar-refractivity contribution in [1.29, 1.82) is 0 Å². The van der Waals surface area contributed by atoms with Crippen LogP contribution in [0.1, 0.15) is 56.4 Å². The van der Waals surface area contributed by atoms with Gasteiger partial charge in [0.25, 0.3) is 0 Å². The first-order valence-electron chi connectivity index (χ1n) is 9.85. The number of anilines is 1. The summed E-state index contributed by atoms with van der Waals surface area (Å²) in [5.74, 6) is 0.432. The number of piperidine rings is 1. The highest BCUT2D eigenvalue weighted by atomic mass is 19.1. The molecule has 4 rings (SSSR count). The van der Waals surface area contributed by atoms with Gasteiger partial charge in [0.05, 0.1) is 6.20 Å². The molecular formula is C21H25FN4O. The van der Waals surface area contributed by atoms with E-state index in [1.807, 2.05) is 24.3 Å². The Morgan fingerprint density at radius 1 is 1.15 bits per heavy atom. The smallest absolute Gasteiger partial charge is 0.223 e. The van der Waals surface area contributed by atoms with E-state index in [2.05, 4.69) is 20.6 Å². The summed E-state index contributed by atoms with van der Waals surface area (Å²) in [7, 11) is 0. The number of hydrogen-bond donors (Lipinski definition) is 2. The molecule has 2 aliphatic rings. The van der Waals surface area contributed by atoms with Gasteiger partial charge in [-0.15, -0.1) is 0 Å². The van der Waals surface area contributed by atoms with Gasteiger partial charge in [-0.2, -0.15) is 0 Å². The summed E-state index contributed by atoms with van der Waals surface area (Å²) in [6, 6.07) is 8.19. The minimum absolute atomic E-state index is 0.0997. The predicted octanol–water partition coefficient (Wildman–Crippen LogP) is 4.02. The quantitative estimate of drug-likeness (QED) is 0.855. The molecule has 142 valence electrons. The molecule has 0 spiro atoms. The second-order valence-electron chi connectivity index (χ2n) is 7.53. The maximum absolute atomic E-state index is 14.4. The zero-order chi connectivity index (χ0) is 18.6. The molecule has 1 aliphatic heterocycles. The minimum atomic E-state index is -0.418. The molecule has 1 saturated heterocycles. The number of halogens is 1. The Labute approximate surface area is 158 Å². The normalized spacial score (nSPS) is 20.9. The highest BCUT2D eigenvalue weighted by Gasteiger charge is 2.21. The predicted molar refractivity (Wildman–Crippen MR) is 103 cm³/mol. The summed E-state index contributed by atoms with van der Waals surface area (Å²) < 4.78 is 14.4. The van der Waals surface area contributed by atoms with Crippen molar-refractivity contribution in [3.8, 4) is 11.3 Å². The van der Waals surface area contributed by atoms with Crippen LogP contribution in [0.15, 0.2) is 30.5 Å². The maximum Gasteiger partial charge on any atom is 0.223 e. The van der Waals surface area contributed by atoms with Gasteiger partial charge in [0.2, 0.25) is 11.9 Å². The van der Waals surface area contributed by atoms with Crippen LogP contribution in [-0.4, -0.2) is 28.5 Å². The van der Waals surface area contributed by atoms with E-state index < -0.39 is 5.82 Å². The Morgan fingerprint density at radius 3 is 2.78 bits per heavy atom. The van der Waals surface area contributed by atoms with E-state index in [0.717, 1.165) is 30.4 Å². The van der Waals surface area contributed by atoms with Gasteiger partial charge in [-0.1, -0.05) is 37.5 Å². The summed E-state index contributed by atoms with van der Waals surface area (Å²) in [5, 5.41) is 6.27. The molecule has 27 heavy (non-hydrogen) atoms. The Hall–Kier alpha value is -2.50. The number of rotatable bonds is 4. The molecule has 1 atom stereocenters. The van der Waals surface area contributed by atoms with E-state index in [0.29, 0.717) is 30.6 Å². The Balaban J connectivity index is 1.56. The first-order chi connectivity index (χ1) is 13.2. The van der Waals surface area contributed by atoms with E-state index in [4.69, 9.17) is 0 Å². The van der Waals surface area contributed by atoms with Crippen molar-refractivity contribution in [2.75, 3.05) is 11.9 Å². The second kappa shape index (κ2) is 8.03. The molecule has 2 heterocycles. The lowest BCUT2D eigenvalue weighted by atomic mass is 9.90. The molecule has 1 aromatic heterocycles. The highest BCUT2D eigenvalue weighted by molar-refractivity contribution is 5.77. The third kappa shape index (κ3) is 4.26. The second-order valence-corrected chi connectivity index (χ2v) is 7.53.